The quantitative estimate of drug-likeness (QED) is 0.902. The monoisotopic (exact) mass is 279 g/mol. The number of hydrogen-bond donors (Lipinski definition) is 1. The minimum Gasteiger partial charge on any atom is -0.311 e. The molecule has 1 N–H and O–H groups in total. The summed E-state index contributed by atoms with van der Waals surface area (Å²) in [5.74, 6) is 0.675. The van der Waals surface area contributed by atoms with Crippen LogP contribution in [0.1, 0.15) is 44.8 Å². The SMILES string of the molecule is Cc1nc2scc(C)n2c1CNCC(C)(C)C(C)C. The molecule has 2 aromatic heterocycles. The molecule has 0 atom stereocenters. The van der Waals surface area contributed by atoms with E-state index in [0.717, 1.165) is 23.7 Å². The molecule has 0 unspecified atom stereocenters. The molecule has 2 rings (SSSR count). The van der Waals surface area contributed by atoms with Gasteiger partial charge in [0.1, 0.15) is 0 Å². The average Bonchev–Trinajstić information content (AvgIpc) is 2.80. The maximum Gasteiger partial charge on any atom is 0.194 e. The third-order valence-corrected chi connectivity index (χ3v) is 5.21. The van der Waals surface area contributed by atoms with Crippen LogP contribution in [0.15, 0.2) is 5.38 Å². The van der Waals surface area contributed by atoms with Crippen molar-refractivity contribution in [1.82, 2.24) is 14.7 Å². The summed E-state index contributed by atoms with van der Waals surface area (Å²) < 4.78 is 2.27. The number of fused-ring (bicyclic) bond motifs is 1. The zero-order valence-corrected chi connectivity index (χ0v) is 13.7. The van der Waals surface area contributed by atoms with E-state index in [2.05, 4.69) is 61.6 Å². The van der Waals surface area contributed by atoms with Gasteiger partial charge in [0.15, 0.2) is 4.96 Å². The van der Waals surface area contributed by atoms with Gasteiger partial charge < -0.3 is 5.32 Å². The molecule has 0 saturated heterocycles. The minimum absolute atomic E-state index is 0.321. The molecular weight excluding hydrogens is 254 g/mol. The molecule has 0 radical (unpaired) electrons. The van der Waals surface area contributed by atoms with Gasteiger partial charge in [-0.05, 0) is 25.2 Å². The summed E-state index contributed by atoms with van der Waals surface area (Å²) in [4.78, 5) is 5.73. The molecule has 0 saturated carbocycles. The largest absolute Gasteiger partial charge is 0.311 e. The van der Waals surface area contributed by atoms with Gasteiger partial charge >= 0.3 is 0 Å². The molecule has 0 bridgehead atoms. The number of rotatable bonds is 5. The van der Waals surface area contributed by atoms with Crippen LogP contribution in [0.25, 0.3) is 4.96 Å². The van der Waals surface area contributed by atoms with Gasteiger partial charge in [0.05, 0.1) is 11.4 Å². The molecule has 0 fully saturated rings. The van der Waals surface area contributed by atoms with Crippen LogP contribution in [-0.4, -0.2) is 15.9 Å². The first kappa shape index (κ1) is 14.5. The lowest BCUT2D eigenvalue weighted by atomic mass is 9.81. The molecule has 0 aliphatic heterocycles. The van der Waals surface area contributed by atoms with Crippen molar-refractivity contribution < 1.29 is 0 Å². The van der Waals surface area contributed by atoms with Crippen molar-refractivity contribution in [3.63, 3.8) is 0 Å². The smallest absolute Gasteiger partial charge is 0.194 e. The Bertz CT molecular complexity index is 563. The third kappa shape index (κ3) is 2.84. The molecule has 0 spiro atoms. The van der Waals surface area contributed by atoms with Gasteiger partial charge in [0, 0.05) is 24.2 Å². The normalized spacial score (nSPS) is 12.8. The zero-order chi connectivity index (χ0) is 14.2. The van der Waals surface area contributed by atoms with E-state index in [1.165, 1.54) is 11.4 Å². The molecule has 3 nitrogen and oxygen atoms in total. The van der Waals surface area contributed by atoms with Crippen LogP contribution in [0.4, 0.5) is 0 Å². The Morgan fingerprint density at radius 2 is 2.05 bits per heavy atom. The lowest BCUT2D eigenvalue weighted by molar-refractivity contribution is 0.237. The van der Waals surface area contributed by atoms with Crippen LogP contribution in [0.5, 0.6) is 0 Å². The molecule has 106 valence electrons. The second-order valence-corrected chi connectivity index (χ2v) is 7.22. The van der Waals surface area contributed by atoms with Crippen molar-refractivity contribution in [3.8, 4) is 0 Å². The van der Waals surface area contributed by atoms with Crippen molar-refractivity contribution in [3.05, 3.63) is 22.5 Å². The Kier molecular flexibility index (Phi) is 4.02. The summed E-state index contributed by atoms with van der Waals surface area (Å²) >= 11 is 1.72. The summed E-state index contributed by atoms with van der Waals surface area (Å²) in [6, 6.07) is 0. The van der Waals surface area contributed by atoms with Gasteiger partial charge in [-0.15, -0.1) is 11.3 Å². The maximum absolute atomic E-state index is 4.63. The molecule has 2 aromatic rings. The standard InChI is InChI=1S/C15H25N3S/c1-10(2)15(5,6)9-16-7-13-12(4)17-14-18(13)11(3)8-19-14/h8,10,16H,7,9H2,1-6H3. The molecule has 0 amide bonds. The lowest BCUT2D eigenvalue weighted by Gasteiger charge is -2.29. The van der Waals surface area contributed by atoms with E-state index >= 15 is 0 Å². The summed E-state index contributed by atoms with van der Waals surface area (Å²) in [5, 5.41) is 5.77. The fourth-order valence-corrected chi connectivity index (χ4v) is 3.01. The average molecular weight is 279 g/mol. The van der Waals surface area contributed by atoms with Crippen molar-refractivity contribution in [1.29, 1.82) is 0 Å². The fourth-order valence-electron chi connectivity index (χ4n) is 2.08. The number of imidazole rings is 1. The van der Waals surface area contributed by atoms with Crippen LogP contribution < -0.4 is 5.32 Å². The predicted molar refractivity (Wildman–Crippen MR) is 82.9 cm³/mol. The van der Waals surface area contributed by atoms with E-state index < -0.39 is 0 Å². The zero-order valence-electron chi connectivity index (χ0n) is 12.9. The highest BCUT2D eigenvalue weighted by Gasteiger charge is 2.22. The summed E-state index contributed by atoms with van der Waals surface area (Å²) in [6.07, 6.45) is 0. The molecule has 0 aliphatic carbocycles. The van der Waals surface area contributed by atoms with E-state index in [9.17, 15) is 0 Å². The van der Waals surface area contributed by atoms with Crippen LogP contribution in [0.3, 0.4) is 0 Å². The van der Waals surface area contributed by atoms with Crippen molar-refractivity contribution in [2.75, 3.05) is 6.54 Å². The fraction of sp³-hybridized carbons (Fsp3) is 0.667. The van der Waals surface area contributed by atoms with Crippen LogP contribution in [0, 0.1) is 25.2 Å². The van der Waals surface area contributed by atoms with E-state index in [1.54, 1.807) is 11.3 Å². The third-order valence-electron chi connectivity index (χ3n) is 4.27. The molecular formula is C15H25N3S. The first-order valence-electron chi connectivity index (χ1n) is 6.95. The van der Waals surface area contributed by atoms with Gasteiger partial charge in [0.2, 0.25) is 0 Å². The minimum atomic E-state index is 0.321. The van der Waals surface area contributed by atoms with Crippen LogP contribution >= 0.6 is 11.3 Å². The van der Waals surface area contributed by atoms with E-state index in [-0.39, 0.29) is 0 Å². The number of aromatic nitrogens is 2. The lowest BCUT2D eigenvalue weighted by Crippen LogP contribution is -2.33. The molecule has 0 aliphatic rings. The first-order chi connectivity index (χ1) is 8.83. The van der Waals surface area contributed by atoms with Gasteiger partial charge in [0.25, 0.3) is 0 Å². The summed E-state index contributed by atoms with van der Waals surface area (Å²) in [7, 11) is 0. The topological polar surface area (TPSA) is 29.3 Å². The summed E-state index contributed by atoms with van der Waals surface area (Å²) in [6.45, 7) is 15.4. The predicted octanol–water partition coefficient (Wildman–Crippen LogP) is 3.78. The van der Waals surface area contributed by atoms with E-state index in [4.69, 9.17) is 0 Å². The maximum atomic E-state index is 4.63. The van der Waals surface area contributed by atoms with E-state index in [1.807, 2.05) is 0 Å². The van der Waals surface area contributed by atoms with Gasteiger partial charge in [-0.1, -0.05) is 27.7 Å². The van der Waals surface area contributed by atoms with Crippen molar-refractivity contribution in [2.45, 2.75) is 48.1 Å². The van der Waals surface area contributed by atoms with Gasteiger partial charge in [-0.2, -0.15) is 0 Å². The Morgan fingerprint density at radius 1 is 1.37 bits per heavy atom. The Hall–Kier alpha value is -0.870. The highest BCUT2D eigenvalue weighted by atomic mass is 32.1. The van der Waals surface area contributed by atoms with Crippen LogP contribution in [-0.2, 0) is 6.54 Å². The first-order valence-corrected chi connectivity index (χ1v) is 7.83. The highest BCUT2D eigenvalue weighted by Crippen LogP contribution is 2.25. The van der Waals surface area contributed by atoms with Gasteiger partial charge in [-0.3, -0.25) is 4.40 Å². The molecule has 0 aromatic carbocycles. The summed E-state index contributed by atoms with van der Waals surface area (Å²) in [5.41, 5.74) is 4.04. The second kappa shape index (κ2) is 5.25. The Morgan fingerprint density at radius 3 is 2.68 bits per heavy atom. The Balaban J connectivity index is 2.10. The number of aryl methyl sites for hydroxylation is 2. The number of nitrogens with zero attached hydrogens (tertiary/aromatic N) is 2. The number of thiazole rings is 1. The molecule has 19 heavy (non-hydrogen) atoms. The van der Waals surface area contributed by atoms with Crippen molar-refractivity contribution >= 4 is 16.3 Å². The second-order valence-electron chi connectivity index (χ2n) is 6.39. The van der Waals surface area contributed by atoms with Crippen LogP contribution in [0.2, 0.25) is 0 Å². The Labute approximate surface area is 120 Å². The highest BCUT2D eigenvalue weighted by molar-refractivity contribution is 7.15. The molecule has 2 heterocycles. The van der Waals surface area contributed by atoms with Gasteiger partial charge in [-0.25, -0.2) is 4.98 Å². The molecule has 4 heteroatoms. The van der Waals surface area contributed by atoms with E-state index in [0.29, 0.717) is 11.3 Å². The van der Waals surface area contributed by atoms with Crippen molar-refractivity contribution in [2.24, 2.45) is 11.3 Å². The number of hydrogen-bond acceptors (Lipinski definition) is 3. The number of nitrogens with one attached hydrogen (secondary N) is 1.